The summed E-state index contributed by atoms with van der Waals surface area (Å²) in [6.07, 6.45) is 4.21. The van der Waals surface area contributed by atoms with Gasteiger partial charge < -0.3 is 24.6 Å². The van der Waals surface area contributed by atoms with Gasteiger partial charge in [0.15, 0.2) is 0 Å². The van der Waals surface area contributed by atoms with Gasteiger partial charge in [0.1, 0.15) is 11.9 Å². The molecule has 3 heterocycles. The van der Waals surface area contributed by atoms with Crippen molar-refractivity contribution in [3.05, 3.63) is 35.9 Å². The van der Waals surface area contributed by atoms with Gasteiger partial charge in [0.2, 0.25) is 5.60 Å². The zero-order chi connectivity index (χ0) is 21.5. The summed E-state index contributed by atoms with van der Waals surface area (Å²) in [5.74, 6) is -0.0624. The van der Waals surface area contributed by atoms with Gasteiger partial charge in [0.05, 0.1) is 20.3 Å². The molecule has 1 spiro atoms. The molecule has 2 fully saturated rings. The summed E-state index contributed by atoms with van der Waals surface area (Å²) in [5, 5.41) is 23.7. The second-order valence-corrected chi connectivity index (χ2v) is 9.17. The van der Waals surface area contributed by atoms with E-state index in [9.17, 15) is 15.0 Å². The van der Waals surface area contributed by atoms with Crippen molar-refractivity contribution < 1.29 is 24.5 Å². The number of likely N-dealkylation sites (N-methyl/N-ethyl adjacent to an activating group) is 1. The van der Waals surface area contributed by atoms with Crippen molar-refractivity contribution in [1.82, 2.24) is 4.90 Å². The van der Waals surface area contributed by atoms with Crippen molar-refractivity contribution in [1.29, 1.82) is 0 Å². The van der Waals surface area contributed by atoms with E-state index in [0.717, 1.165) is 36.5 Å². The van der Waals surface area contributed by atoms with E-state index < -0.39 is 34.5 Å². The Kier molecular flexibility index (Phi) is 4.11. The fourth-order valence-electron chi connectivity index (χ4n) is 7.34. The minimum absolute atomic E-state index is 0.0259. The van der Waals surface area contributed by atoms with Gasteiger partial charge in [-0.1, -0.05) is 25.1 Å². The van der Waals surface area contributed by atoms with Gasteiger partial charge in [0.25, 0.3) is 0 Å². The Morgan fingerprint density at radius 3 is 2.73 bits per heavy atom. The first-order valence-electron chi connectivity index (χ1n) is 10.6. The van der Waals surface area contributed by atoms with Gasteiger partial charge in [-0.15, -0.1) is 0 Å². The summed E-state index contributed by atoms with van der Waals surface area (Å²) in [5.41, 5.74) is -1.31. The van der Waals surface area contributed by atoms with Gasteiger partial charge in [-0.05, 0) is 31.0 Å². The monoisotopic (exact) mass is 414 g/mol. The van der Waals surface area contributed by atoms with Crippen molar-refractivity contribution in [2.75, 3.05) is 39.3 Å². The van der Waals surface area contributed by atoms with Crippen molar-refractivity contribution in [2.45, 2.75) is 49.0 Å². The van der Waals surface area contributed by atoms with Crippen LogP contribution in [-0.2, 0) is 14.9 Å². The number of benzene rings is 1. The number of esters is 1. The zero-order valence-electron chi connectivity index (χ0n) is 18.0. The standard InChI is InChI=1S/C23H30N2O5/c1-5-21-9-6-11-25-12-10-22(17(21)25)15-8-7-14(29-3)13-16(15)24(2)18(22)23(28,19(21)26)20(27)30-4/h6-9,13,17-19,26,28H,5,10-12H2,1-4H3/t17-,18?,19+,21+,22+,23-/m0/s1. The summed E-state index contributed by atoms with van der Waals surface area (Å²) in [6.45, 7) is 3.67. The Hall–Kier alpha value is -2.09. The van der Waals surface area contributed by atoms with E-state index in [1.165, 1.54) is 7.11 Å². The normalized spacial score (nSPS) is 41.3. The Balaban J connectivity index is 1.85. The van der Waals surface area contributed by atoms with E-state index in [1.54, 1.807) is 7.11 Å². The number of fused-ring (bicyclic) bond motifs is 1. The third-order valence-electron chi connectivity index (χ3n) is 8.37. The number of rotatable bonds is 3. The van der Waals surface area contributed by atoms with Crippen LogP contribution < -0.4 is 9.64 Å². The van der Waals surface area contributed by atoms with Crippen LogP contribution in [-0.4, -0.2) is 79.2 Å². The molecule has 1 saturated carbocycles. The van der Waals surface area contributed by atoms with E-state index >= 15 is 0 Å². The molecular formula is C23H30N2O5. The van der Waals surface area contributed by atoms with Crippen LogP contribution in [0, 0.1) is 5.41 Å². The first-order valence-corrected chi connectivity index (χ1v) is 10.6. The summed E-state index contributed by atoms with van der Waals surface area (Å²) in [4.78, 5) is 17.5. The lowest BCUT2D eigenvalue weighted by Crippen LogP contribution is -2.80. The maximum Gasteiger partial charge on any atom is 0.342 e. The van der Waals surface area contributed by atoms with E-state index in [0.29, 0.717) is 6.42 Å². The van der Waals surface area contributed by atoms with Crippen molar-refractivity contribution in [3.63, 3.8) is 0 Å². The molecule has 0 bridgehead atoms. The highest BCUT2D eigenvalue weighted by atomic mass is 16.5. The number of carbonyl (C=O) groups excluding carboxylic acids is 1. The fraction of sp³-hybridized carbons (Fsp3) is 0.609. The molecular weight excluding hydrogens is 384 g/mol. The number of nitrogens with zero attached hydrogens (tertiary/aromatic N) is 2. The number of aliphatic hydroxyl groups excluding tert-OH is 1. The molecule has 0 amide bonds. The summed E-state index contributed by atoms with van der Waals surface area (Å²) in [7, 11) is 4.79. The molecule has 6 atom stereocenters. The largest absolute Gasteiger partial charge is 0.497 e. The molecule has 4 aliphatic rings. The highest BCUT2D eigenvalue weighted by Crippen LogP contribution is 2.66. The number of hydrogen-bond donors (Lipinski definition) is 2. The average Bonchev–Trinajstić information content (AvgIpc) is 3.28. The van der Waals surface area contributed by atoms with Crippen molar-refractivity contribution in [2.24, 2.45) is 5.41 Å². The molecule has 1 unspecified atom stereocenters. The van der Waals surface area contributed by atoms with Crippen LogP contribution in [0.4, 0.5) is 5.69 Å². The molecule has 30 heavy (non-hydrogen) atoms. The minimum atomic E-state index is -2.07. The quantitative estimate of drug-likeness (QED) is 0.566. The number of methoxy groups -OCH3 is 2. The zero-order valence-corrected chi connectivity index (χ0v) is 18.0. The van der Waals surface area contributed by atoms with Gasteiger partial charge in [-0.25, -0.2) is 4.79 Å². The van der Waals surface area contributed by atoms with Crippen LogP contribution in [0.5, 0.6) is 5.75 Å². The van der Waals surface area contributed by atoms with E-state index in [4.69, 9.17) is 9.47 Å². The predicted molar refractivity (Wildman–Crippen MR) is 112 cm³/mol. The number of anilines is 1. The number of aliphatic hydroxyl groups is 2. The molecule has 0 aromatic heterocycles. The van der Waals surface area contributed by atoms with Gasteiger partial charge in [0, 0.05) is 42.2 Å². The van der Waals surface area contributed by atoms with Crippen LogP contribution in [0.25, 0.3) is 0 Å². The molecule has 7 heteroatoms. The lowest BCUT2D eigenvalue weighted by Gasteiger charge is -2.63. The fourth-order valence-corrected chi connectivity index (χ4v) is 7.34. The van der Waals surface area contributed by atoms with Crippen molar-refractivity contribution in [3.8, 4) is 5.75 Å². The molecule has 3 aliphatic heterocycles. The topological polar surface area (TPSA) is 82.5 Å². The smallest absolute Gasteiger partial charge is 0.342 e. The van der Waals surface area contributed by atoms with Crippen LogP contribution >= 0.6 is 0 Å². The summed E-state index contributed by atoms with van der Waals surface area (Å²) < 4.78 is 10.6. The minimum Gasteiger partial charge on any atom is -0.497 e. The highest BCUT2D eigenvalue weighted by molar-refractivity contribution is 5.86. The lowest BCUT2D eigenvalue weighted by molar-refractivity contribution is -0.218. The Morgan fingerprint density at radius 1 is 1.30 bits per heavy atom. The molecule has 0 radical (unpaired) electrons. The summed E-state index contributed by atoms with van der Waals surface area (Å²) >= 11 is 0. The van der Waals surface area contributed by atoms with Gasteiger partial charge >= 0.3 is 5.97 Å². The van der Waals surface area contributed by atoms with Crippen molar-refractivity contribution >= 4 is 11.7 Å². The third-order valence-corrected chi connectivity index (χ3v) is 8.37. The maximum atomic E-state index is 13.1. The van der Waals surface area contributed by atoms with E-state index in [2.05, 4.69) is 17.0 Å². The maximum absolute atomic E-state index is 13.1. The number of ether oxygens (including phenoxy) is 2. The van der Waals surface area contributed by atoms with Crippen LogP contribution in [0.2, 0.25) is 0 Å². The van der Waals surface area contributed by atoms with E-state index in [-0.39, 0.29) is 6.04 Å². The molecule has 1 aromatic carbocycles. The number of hydrogen-bond acceptors (Lipinski definition) is 7. The first-order chi connectivity index (χ1) is 14.3. The molecule has 1 aromatic rings. The molecule has 7 nitrogen and oxygen atoms in total. The Labute approximate surface area is 176 Å². The molecule has 5 rings (SSSR count). The lowest BCUT2D eigenvalue weighted by atomic mass is 9.48. The molecule has 2 N–H and O–H groups in total. The van der Waals surface area contributed by atoms with Crippen LogP contribution in [0.1, 0.15) is 25.3 Å². The first kappa shape index (κ1) is 19.8. The second kappa shape index (κ2) is 6.22. The number of carbonyl (C=O) groups is 1. The van der Waals surface area contributed by atoms with Gasteiger partial charge in [-0.3, -0.25) is 4.90 Å². The molecule has 162 valence electrons. The third kappa shape index (κ3) is 1.95. The SMILES string of the molecule is CC[C@]12C=CCN3CC[C@@]4(c5ccc(OC)cc5N(C)C4[C@@](O)(C(=O)OC)[C@@H]1O)[C@@H]32. The predicted octanol–water partition coefficient (Wildman–Crippen LogP) is 1.07. The summed E-state index contributed by atoms with van der Waals surface area (Å²) in [6, 6.07) is 5.31. The second-order valence-electron chi connectivity index (χ2n) is 9.17. The Morgan fingerprint density at radius 2 is 2.07 bits per heavy atom. The van der Waals surface area contributed by atoms with E-state index in [1.807, 2.05) is 37.1 Å². The average molecular weight is 415 g/mol. The molecule has 1 aliphatic carbocycles. The Bertz CT molecular complexity index is 934. The van der Waals surface area contributed by atoms with Crippen LogP contribution in [0.3, 0.4) is 0 Å². The van der Waals surface area contributed by atoms with Gasteiger partial charge in [-0.2, -0.15) is 0 Å². The molecule has 1 saturated heterocycles. The highest BCUT2D eigenvalue weighted by Gasteiger charge is 2.78. The van der Waals surface area contributed by atoms with Crippen LogP contribution in [0.15, 0.2) is 30.4 Å².